The summed E-state index contributed by atoms with van der Waals surface area (Å²) >= 11 is 0. The number of hydrogen-bond donors (Lipinski definition) is 1. The molecule has 1 aromatic carbocycles. The van der Waals surface area contributed by atoms with Crippen LogP contribution in [-0.4, -0.2) is 22.5 Å². The highest BCUT2D eigenvalue weighted by atomic mass is 16.5. The number of aryl methyl sites for hydroxylation is 1. The zero-order valence-electron chi connectivity index (χ0n) is 14.8. The lowest BCUT2D eigenvalue weighted by Crippen LogP contribution is -2.15. The second-order valence-corrected chi connectivity index (χ2v) is 5.90. The lowest BCUT2D eigenvalue weighted by atomic mass is 10.0. The van der Waals surface area contributed by atoms with Crippen molar-refractivity contribution in [2.45, 2.75) is 19.9 Å². The fraction of sp³-hybridized carbons (Fsp3) is 0.190. The van der Waals surface area contributed by atoms with Crippen molar-refractivity contribution in [3.05, 3.63) is 89.4 Å². The van der Waals surface area contributed by atoms with Crippen LogP contribution in [0.15, 0.2) is 67.0 Å². The highest BCUT2D eigenvalue weighted by Gasteiger charge is 2.16. The Morgan fingerprint density at radius 3 is 2.65 bits per heavy atom. The average molecular weight is 347 g/mol. The van der Waals surface area contributed by atoms with Gasteiger partial charge in [0, 0.05) is 12.4 Å². The molecule has 3 rings (SSSR count). The van der Waals surface area contributed by atoms with Crippen LogP contribution in [0.5, 0.6) is 0 Å². The number of ether oxygens (including phenoxy) is 1. The molecule has 5 heteroatoms. The molecule has 0 aliphatic heterocycles. The first-order valence-electron chi connectivity index (χ1n) is 8.54. The van der Waals surface area contributed by atoms with E-state index in [0.29, 0.717) is 18.0 Å². The van der Waals surface area contributed by atoms with Gasteiger partial charge in [-0.15, -0.1) is 0 Å². The van der Waals surface area contributed by atoms with E-state index in [1.54, 1.807) is 25.3 Å². The van der Waals surface area contributed by atoms with Crippen LogP contribution in [0.25, 0.3) is 0 Å². The molecule has 3 aromatic rings. The van der Waals surface area contributed by atoms with Crippen LogP contribution in [0.4, 0.5) is 5.82 Å². The number of rotatable bonds is 6. The van der Waals surface area contributed by atoms with Crippen molar-refractivity contribution in [3.63, 3.8) is 0 Å². The quantitative estimate of drug-likeness (QED) is 0.678. The molecule has 1 N–H and O–H groups in total. The van der Waals surface area contributed by atoms with Gasteiger partial charge in [0.2, 0.25) is 0 Å². The molecule has 0 saturated heterocycles. The van der Waals surface area contributed by atoms with Crippen LogP contribution in [0.3, 0.4) is 0 Å². The Morgan fingerprint density at radius 1 is 1.12 bits per heavy atom. The van der Waals surface area contributed by atoms with Gasteiger partial charge in [-0.3, -0.25) is 4.98 Å². The number of pyridine rings is 2. The minimum atomic E-state index is -0.369. The summed E-state index contributed by atoms with van der Waals surface area (Å²) in [6.45, 7) is 4.18. The van der Waals surface area contributed by atoms with E-state index in [9.17, 15) is 4.79 Å². The zero-order chi connectivity index (χ0) is 18.4. The number of benzene rings is 1. The second kappa shape index (κ2) is 8.25. The molecular weight excluding hydrogens is 326 g/mol. The van der Waals surface area contributed by atoms with Gasteiger partial charge in [0.05, 0.1) is 23.9 Å². The molecule has 0 aliphatic rings. The first-order chi connectivity index (χ1) is 12.7. The van der Waals surface area contributed by atoms with Crippen molar-refractivity contribution >= 4 is 11.8 Å². The third-order valence-electron chi connectivity index (χ3n) is 3.93. The van der Waals surface area contributed by atoms with Gasteiger partial charge in [-0.25, -0.2) is 9.78 Å². The number of hydrogen-bond acceptors (Lipinski definition) is 5. The number of nitrogens with zero attached hydrogens (tertiary/aromatic N) is 2. The number of anilines is 1. The SMILES string of the molecule is CCOC(=O)c1ccc(NC(c2cccc(C)c2)c2ccccn2)nc1. The Bertz CT molecular complexity index is 864. The Kier molecular flexibility index (Phi) is 5.59. The number of carbonyl (C=O) groups is 1. The maximum Gasteiger partial charge on any atom is 0.339 e. The van der Waals surface area contributed by atoms with Crippen molar-refractivity contribution in [3.8, 4) is 0 Å². The van der Waals surface area contributed by atoms with Crippen LogP contribution in [0, 0.1) is 6.92 Å². The minimum absolute atomic E-state index is 0.142. The third kappa shape index (κ3) is 4.25. The maximum atomic E-state index is 11.8. The van der Waals surface area contributed by atoms with Crippen molar-refractivity contribution in [1.82, 2.24) is 9.97 Å². The van der Waals surface area contributed by atoms with Crippen molar-refractivity contribution < 1.29 is 9.53 Å². The fourth-order valence-corrected chi connectivity index (χ4v) is 2.69. The van der Waals surface area contributed by atoms with Crippen molar-refractivity contribution in [2.75, 3.05) is 11.9 Å². The molecule has 132 valence electrons. The first kappa shape index (κ1) is 17.6. The molecule has 1 unspecified atom stereocenters. The molecule has 26 heavy (non-hydrogen) atoms. The van der Waals surface area contributed by atoms with Gasteiger partial charge in [-0.1, -0.05) is 35.9 Å². The molecule has 2 aromatic heterocycles. The van der Waals surface area contributed by atoms with Crippen LogP contribution in [0.2, 0.25) is 0 Å². The fourth-order valence-electron chi connectivity index (χ4n) is 2.69. The zero-order valence-corrected chi connectivity index (χ0v) is 14.8. The van der Waals surface area contributed by atoms with Gasteiger partial charge in [0.25, 0.3) is 0 Å². The van der Waals surface area contributed by atoms with Gasteiger partial charge >= 0.3 is 5.97 Å². The second-order valence-electron chi connectivity index (χ2n) is 5.90. The monoisotopic (exact) mass is 347 g/mol. The first-order valence-corrected chi connectivity index (χ1v) is 8.54. The van der Waals surface area contributed by atoms with E-state index >= 15 is 0 Å². The van der Waals surface area contributed by atoms with Gasteiger partial charge in [-0.05, 0) is 43.7 Å². The predicted octanol–water partition coefficient (Wildman–Crippen LogP) is 4.16. The topological polar surface area (TPSA) is 64.1 Å². The van der Waals surface area contributed by atoms with E-state index in [1.165, 1.54) is 11.8 Å². The summed E-state index contributed by atoms with van der Waals surface area (Å²) in [5.74, 6) is 0.293. The number of nitrogens with one attached hydrogen (secondary N) is 1. The minimum Gasteiger partial charge on any atom is -0.462 e. The smallest absolute Gasteiger partial charge is 0.339 e. The Labute approximate surface area is 153 Å². The van der Waals surface area contributed by atoms with E-state index in [0.717, 1.165) is 11.3 Å². The standard InChI is InChI=1S/C21H21N3O2/c1-3-26-21(25)17-10-11-19(23-14-17)24-20(18-9-4-5-12-22-18)16-8-6-7-15(2)13-16/h4-14,20H,3H2,1-2H3,(H,23,24). The Balaban J connectivity index is 1.88. The van der Waals surface area contributed by atoms with Crippen LogP contribution in [-0.2, 0) is 4.74 Å². The molecular formula is C21H21N3O2. The average Bonchev–Trinajstić information content (AvgIpc) is 2.67. The summed E-state index contributed by atoms with van der Waals surface area (Å²) in [4.78, 5) is 20.6. The number of esters is 1. The molecule has 0 amide bonds. The van der Waals surface area contributed by atoms with E-state index < -0.39 is 0 Å². The summed E-state index contributed by atoms with van der Waals surface area (Å²) in [5, 5.41) is 3.41. The molecule has 0 bridgehead atoms. The molecule has 5 nitrogen and oxygen atoms in total. The molecule has 0 aliphatic carbocycles. The van der Waals surface area contributed by atoms with Crippen molar-refractivity contribution in [2.24, 2.45) is 0 Å². The molecule has 1 atom stereocenters. The van der Waals surface area contributed by atoms with Crippen LogP contribution >= 0.6 is 0 Å². The highest BCUT2D eigenvalue weighted by molar-refractivity contribution is 5.89. The van der Waals surface area contributed by atoms with Crippen LogP contribution in [0.1, 0.15) is 40.1 Å². The summed E-state index contributed by atoms with van der Waals surface area (Å²) in [5.41, 5.74) is 3.60. The van der Waals surface area contributed by atoms with E-state index in [2.05, 4.69) is 40.4 Å². The summed E-state index contributed by atoms with van der Waals surface area (Å²) in [6, 6.07) is 17.4. The van der Waals surface area contributed by atoms with Gasteiger partial charge in [0.1, 0.15) is 5.82 Å². The summed E-state index contributed by atoms with van der Waals surface area (Å²) in [7, 11) is 0. The van der Waals surface area contributed by atoms with Crippen LogP contribution < -0.4 is 5.32 Å². The molecule has 0 saturated carbocycles. The molecule has 0 radical (unpaired) electrons. The van der Waals surface area contributed by atoms with E-state index in [4.69, 9.17) is 4.74 Å². The third-order valence-corrected chi connectivity index (χ3v) is 3.93. The molecule has 0 spiro atoms. The highest BCUT2D eigenvalue weighted by Crippen LogP contribution is 2.25. The normalized spacial score (nSPS) is 11.6. The largest absolute Gasteiger partial charge is 0.462 e. The maximum absolute atomic E-state index is 11.8. The van der Waals surface area contributed by atoms with Gasteiger partial charge in [0.15, 0.2) is 0 Å². The molecule has 0 fully saturated rings. The lowest BCUT2D eigenvalue weighted by molar-refractivity contribution is 0.0526. The number of aromatic nitrogens is 2. The van der Waals surface area contributed by atoms with Crippen molar-refractivity contribution in [1.29, 1.82) is 0 Å². The Hall–Kier alpha value is -3.21. The van der Waals surface area contributed by atoms with E-state index in [-0.39, 0.29) is 12.0 Å². The summed E-state index contributed by atoms with van der Waals surface area (Å²) < 4.78 is 4.99. The predicted molar refractivity (Wildman–Crippen MR) is 101 cm³/mol. The summed E-state index contributed by atoms with van der Waals surface area (Å²) in [6.07, 6.45) is 3.29. The molecule has 2 heterocycles. The van der Waals surface area contributed by atoms with Gasteiger partial charge < -0.3 is 10.1 Å². The van der Waals surface area contributed by atoms with Gasteiger partial charge in [-0.2, -0.15) is 0 Å². The Morgan fingerprint density at radius 2 is 2.00 bits per heavy atom. The van der Waals surface area contributed by atoms with E-state index in [1.807, 2.05) is 24.3 Å². The number of carbonyl (C=O) groups excluding carboxylic acids is 1. The lowest BCUT2D eigenvalue weighted by Gasteiger charge is -2.20.